The van der Waals surface area contributed by atoms with Crippen molar-refractivity contribution in [1.82, 2.24) is 14.5 Å². The molecule has 0 unspecified atom stereocenters. The summed E-state index contributed by atoms with van der Waals surface area (Å²) in [6.07, 6.45) is 11.6. The first kappa shape index (κ1) is 34.7. The van der Waals surface area contributed by atoms with Crippen molar-refractivity contribution in [2.24, 2.45) is 0 Å². The molecule has 1 aliphatic carbocycles. The Labute approximate surface area is 328 Å². The normalized spacial score (nSPS) is 12.8. The second-order valence-corrected chi connectivity index (χ2v) is 15.3. The van der Waals surface area contributed by atoms with Gasteiger partial charge in [0.15, 0.2) is 5.82 Å². The highest BCUT2D eigenvalue weighted by molar-refractivity contribution is 6.11. The highest BCUT2D eigenvalue weighted by atomic mass is 15.0. The summed E-state index contributed by atoms with van der Waals surface area (Å²) in [7, 11) is 0. The maximum atomic E-state index is 10.0. The summed E-state index contributed by atoms with van der Waals surface area (Å²) in [5.74, 6) is 0.653. The van der Waals surface area contributed by atoms with Gasteiger partial charge in [-0.15, -0.1) is 0 Å². The van der Waals surface area contributed by atoms with E-state index in [9.17, 15) is 5.26 Å². The van der Waals surface area contributed by atoms with Crippen molar-refractivity contribution < 1.29 is 0 Å². The lowest BCUT2D eigenvalue weighted by Crippen LogP contribution is -2.10. The minimum absolute atomic E-state index is 0.0481. The van der Waals surface area contributed by atoms with Gasteiger partial charge in [0.25, 0.3) is 0 Å². The Morgan fingerprint density at radius 2 is 1.18 bits per heavy atom. The fourth-order valence-corrected chi connectivity index (χ4v) is 7.71. The third-order valence-corrected chi connectivity index (χ3v) is 10.6. The summed E-state index contributed by atoms with van der Waals surface area (Å²) in [4.78, 5) is 10.6. The molecule has 56 heavy (non-hydrogen) atoms. The van der Waals surface area contributed by atoms with Gasteiger partial charge in [0, 0.05) is 33.0 Å². The lowest BCUT2D eigenvalue weighted by atomic mass is 9.86. The molecule has 0 fully saturated rings. The predicted molar refractivity (Wildman–Crippen MR) is 232 cm³/mol. The third-order valence-electron chi connectivity index (χ3n) is 10.6. The van der Waals surface area contributed by atoms with Crippen LogP contribution in [0.5, 0.6) is 0 Å². The maximum absolute atomic E-state index is 10.0. The molecule has 2 heterocycles. The number of nitrogens with zero attached hydrogens (tertiary/aromatic N) is 4. The van der Waals surface area contributed by atoms with Gasteiger partial charge < -0.3 is 4.57 Å². The molecule has 6 aromatic carbocycles. The average molecular weight is 721 g/mol. The van der Waals surface area contributed by atoms with Crippen LogP contribution in [0.15, 0.2) is 176 Å². The summed E-state index contributed by atoms with van der Waals surface area (Å²) < 4.78 is 2.40. The Balaban J connectivity index is 1.40. The molecule has 0 bridgehead atoms. The largest absolute Gasteiger partial charge is 0.308 e. The van der Waals surface area contributed by atoms with Crippen LogP contribution in [0.3, 0.4) is 0 Å². The number of aromatic nitrogens is 3. The standard InChI is InChI=1S/C52H40N4/c1-52(2,3)41-26-28-49-45(32-41)44-29-35(34-53)25-27-48(44)56(49)50-42(36-17-11-6-12-18-36)30-40(31-43(50)37-19-13-7-14-20-37)51-54-46(38-21-9-4-5-10-22-38)33-47(55-51)39-23-15-8-16-24-39/h4,6-33H,5H2,1-3H3. The van der Waals surface area contributed by atoms with Crippen molar-refractivity contribution >= 4 is 27.4 Å². The van der Waals surface area contributed by atoms with Crippen LogP contribution in [-0.4, -0.2) is 14.5 Å². The van der Waals surface area contributed by atoms with E-state index < -0.39 is 0 Å². The van der Waals surface area contributed by atoms with Gasteiger partial charge in [0.05, 0.1) is 39.7 Å². The smallest absolute Gasteiger partial charge is 0.160 e. The number of rotatable bonds is 6. The van der Waals surface area contributed by atoms with E-state index in [2.05, 4.69) is 189 Å². The molecule has 2 aromatic heterocycles. The Bertz CT molecular complexity index is 2840. The van der Waals surface area contributed by atoms with Crippen LogP contribution in [0.25, 0.3) is 78.0 Å². The van der Waals surface area contributed by atoms with Crippen LogP contribution in [0.2, 0.25) is 0 Å². The minimum Gasteiger partial charge on any atom is -0.308 e. The van der Waals surface area contributed by atoms with Crippen LogP contribution in [0.4, 0.5) is 0 Å². The molecule has 0 saturated carbocycles. The van der Waals surface area contributed by atoms with Crippen molar-refractivity contribution in [3.63, 3.8) is 0 Å². The summed E-state index contributed by atoms with van der Waals surface area (Å²) in [6, 6.07) is 53.4. The van der Waals surface area contributed by atoms with Gasteiger partial charge in [0.2, 0.25) is 0 Å². The second-order valence-electron chi connectivity index (χ2n) is 15.3. The molecule has 0 atom stereocenters. The molecular formula is C52H40N4. The zero-order valence-corrected chi connectivity index (χ0v) is 31.7. The molecule has 0 amide bonds. The Morgan fingerprint density at radius 1 is 0.589 bits per heavy atom. The molecule has 8 aromatic rings. The van der Waals surface area contributed by atoms with E-state index in [1.807, 2.05) is 18.2 Å². The van der Waals surface area contributed by atoms with Gasteiger partial charge in [-0.1, -0.05) is 148 Å². The molecule has 1 aliphatic rings. The highest BCUT2D eigenvalue weighted by Gasteiger charge is 2.24. The molecule has 0 saturated heterocycles. The molecule has 0 radical (unpaired) electrons. The lowest BCUT2D eigenvalue weighted by molar-refractivity contribution is 0.591. The highest BCUT2D eigenvalue weighted by Crippen LogP contribution is 2.44. The third kappa shape index (κ3) is 6.44. The van der Waals surface area contributed by atoms with Crippen molar-refractivity contribution in [2.75, 3.05) is 0 Å². The van der Waals surface area contributed by atoms with Crippen LogP contribution in [0, 0.1) is 11.3 Å². The predicted octanol–water partition coefficient (Wildman–Crippen LogP) is 13.3. The number of benzene rings is 6. The van der Waals surface area contributed by atoms with Gasteiger partial charge in [-0.05, 0) is 82.6 Å². The summed E-state index contributed by atoms with van der Waals surface area (Å²) in [5.41, 5.74) is 14.0. The Morgan fingerprint density at radius 3 is 1.80 bits per heavy atom. The second kappa shape index (κ2) is 14.3. The van der Waals surface area contributed by atoms with Gasteiger partial charge in [0.1, 0.15) is 0 Å². The van der Waals surface area contributed by atoms with Crippen LogP contribution >= 0.6 is 0 Å². The van der Waals surface area contributed by atoms with E-state index in [0.29, 0.717) is 11.4 Å². The summed E-state index contributed by atoms with van der Waals surface area (Å²) >= 11 is 0. The summed E-state index contributed by atoms with van der Waals surface area (Å²) in [5, 5.41) is 12.2. The van der Waals surface area contributed by atoms with E-state index >= 15 is 0 Å². The first-order valence-electron chi connectivity index (χ1n) is 19.1. The first-order chi connectivity index (χ1) is 27.4. The molecule has 0 aliphatic heterocycles. The van der Waals surface area contributed by atoms with Crippen molar-refractivity contribution in [3.8, 4) is 56.7 Å². The fourth-order valence-electron chi connectivity index (χ4n) is 7.71. The van der Waals surface area contributed by atoms with Crippen LogP contribution < -0.4 is 0 Å². The van der Waals surface area contributed by atoms with E-state index in [1.54, 1.807) is 0 Å². The first-order valence-corrected chi connectivity index (χ1v) is 19.1. The van der Waals surface area contributed by atoms with E-state index in [-0.39, 0.29) is 5.41 Å². The van der Waals surface area contributed by atoms with E-state index in [1.165, 1.54) is 5.56 Å². The monoisotopic (exact) mass is 720 g/mol. The van der Waals surface area contributed by atoms with Crippen molar-refractivity contribution in [3.05, 3.63) is 193 Å². The van der Waals surface area contributed by atoms with Crippen LogP contribution in [0.1, 0.15) is 44.0 Å². The summed E-state index contributed by atoms with van der Waals surface area (Å²) in [6.45, 7) is 6.73. The van der Waals surface area contributed by atoms with E-state index in [0.717, 1.165) is 84.3 Å². The van der Waals surface area contributed by atoms with Gasteiger partial charge in [-0.25, -0.2) is 9.97 Å². The maximum Gasteiger partial charge on any atom is 0.160 e. The average Bonchev–Trinajstić information content (AvgIpc) is 3.35. The molecule has 9 rings (SSSR count). The topological polar surface area (TPSA) is 54.5 Å². The Hall–Kier alpha value is -7.09. The molecule has 0 N–H and O–H groups in total. The number of nitriles is 1. The number of hydrogen-bond donors (Lipinski definition) is 0. The molecule has 4 heteroatoms. The fraction of sp³-hybridized carbons (Fsp3) is 0.0962. The number of allylic oxidation sites excluding steroid dienone is 6. The molecule has 0 spiro atoms. The number of hydrogen-bond acceptors (Lipinski definition) is 3. The van der Waals surface area contributed by atoms with Crippen molar-refractivity contribution in [1.29, 1.82) is 5.26 Å². The van der Waals surface area contributed by atoms with E-state index in [4.69, 9.17) is 9.97 Å². The molecule has 268 valence electrons. The lowest BCUT2D eigenvalue weighted by Gasteiger charge is -2.22. The van der Waals surface area contributed by atoms with Crippen LogP contribution in [-0.2, 0) is 5.41 Å². The number of fused-ring (bicyclic) bond motifs is 3. The van der Waals surface area contributed by atoms with Gasteiger partial charge >= 0.3 is 0 Å². The van der Waals surface area contributed by atoms with Gasteiger partial charge in [-0.3, -0.25) is 0 Å². The minimum atomic E-state index is -0.0481. The zero-order valence-electron chi connectivity index (χ0n) is 31.7. The molecule has 4 nitrogen and oxygen atoms in total. The quantitative estimate of drug-likeness (QED) is 0.172. The zero-order chi connectivity index (χ0) is 38.2. The van der Waals surface area contributed by atoms with Crippen molar-refractivity contribution in [2.45, 2.75) is 32.6 Å². The molecular weight excluding hydrogens is 681 g/mol. The Kier molecular flexibility index (Phi) is 8.84. The SMILES string of the molecule is CC(C)(C)c1ccc2c(c1)c1cc(C#N)ccc1n2-c1c(-c2ccccc2)cc(-c2nc(C3=CC=CCC=C3)cc(-c3ccccc3)n2)cc1-c1ccccc1. The van der Waals surface area contributed by atoms with Gasteiger partial charge in [-0.2, -0.15) is 5.26 Å².